The maximum atomic E-state index is 5.61. The Labute approximate surface area is 83.1 Å². The zero-order chi connectivity index (χ0) is 9.90. The molecule has 1 fully saturated rings. The molecular weight excluding hydrogens is 158 g/mol. The van der Waals surface area contributed by atoms with Crippen molar-refractivity contribution in [3.8, 4) is 0 Å². The Morgan fingerprint density at radius 1 is 1.23 bits per heavy atom. The van der Waals surface area contributed by atoms with Crippen LogP contribution < -0.4 is 5.73 Å². The third-order valence-electron chi connectivity index (χ3n) is 3.58. The highest BCUT2D eigenvalue weighted by atomic mass is 14.5. The molecule has 1 nitrogen and oxygen atoms in total. The van der Waals surface area contributed by atoms with E-state index < -0.39 is 0 Å². The number of nitrogens with two attached hydrogens (primary N) is 1. The minimum atomic E-state index is 0.507. The van der Waals surface area contributed by atoms with Gasteiger partial charge in [0.1, 0.15) is 0 Å². The standard InChI is InChI=1S/C12H25N/c1-12(2,3)11-6-4-5-10(9-11)7-8-13/h10-11H,4-9,13H2,1-3H3. The number of hydrogen-bond donors (Lipinski definition) is 1. The third-order valence-corrected chi connectivity index (χ3v) is 3.58. The second kappa shape index (κ2) is 4.45. The molecule has 0 aromatic heterocycles. The van der Waals surface area contributed by atoms with Crippen molar-refractivity contribution in [2.75, 3.05) is 6.54 Å². The first kappa shape index (κ1) is 11.0. The molecule has 2 atom stereocenters. The van der Waals surface area contributed by atoms with Crippen LogP contribution in [-0.2, 0) is 0 Å². The molecule has 0 heterocycles. The normalized spacial score (nSPS) is 30.5. The number of rotatable bonds is 2. The van der Waals surface area contributed by atoms with E-state index in [0.29, 0.717) is 5.41 Å². The Kier molecular flexibility index (Phi) is 3.78. The zero-order valence-electron chi connectivity index (χ0n) is 9.47. The largest absolute Gasteiger partial charge is 0.330 e. The SMILES string of the molecule is CC(C)(C)C1CCCC(CCN)C1. The lowest BCUT2D eigenvalue weighted by Crippen LogP contribution is -2.27. The van der Waals surface area contributed by atoms with E-state index in [9.17, 15) is 0 Å². The molecule has 1 aliphatic rings. The Morgan fingerprint density at radius 3 is 2.46 bits per heavy atom. The van der Waals surface area contributed by atoms with E-state index in [-0.39, 0.29) is 0 Å². The van der Waals surface area contributed by atoms with Gasteiger partial charge >= 0.3 is 0 Å². The summed E-state index contributed by atoms with van der Waals surface area (Å²) in [6.07, 6.45) is 6.94. The summed E-state index contributed by atoms with van der Waals surface area (Å²) in [5.41, 5.74) is 6.12. The molecule has 0 amide bonds. The van der Waals surface area contributed by atoms with Gasteiger partial charge in [-0.15, -0.1) is 0 Å². The molecule has 0 aromatic rings. The molecule has 1 rings (SSSR count). The Morgan fingerprint density at radius 2 is 1.92 bits per heavy atom. The van der Waals surface area contributed by atoms with Gasteiger partial charge in [-0.2, -0.15) is 0 Å². The van der Waals surface area contributed by atoms with Crippen LogP contribution in [0.4, 0.5) is 0 Å². The summed E-state index contributed by atoms with van der Waals surface area (Å²) in [5.74, 6) is 1.85. The highest BCUT2D eigenvalue weighted by Crippen LogP contribution is 2.40. The Balaban J connectivity index is 2.42. The fourth-order valence-electron chi connectivity index (χ4n) is 2.58. The maximum absolute atomic E-state index is 5.61. The lowest BCUT2D eigenvalue weighted by molar-refractivity contribution is 0.138. The average molecular weight is 183 g/mol. The topological polar surface area (TPSA) is 26.0 Å². The van der Waals surface area contributed by atoms with Crippen LogP contribution in [0.15, 0.2) is 0 Å². The summed E-state index contributed by atoms with van der Waals surface area (Å²) in [6, 6.07) is 0. The predicted molar refractivity (Wildman–Crippen MR) is 58.6 cm³/mol. The zero-order valence-corrected chi connectivity index (χ0v) is 9.47. The summed E-state index contributed by atoms with van der Waals surface area (Å²) in [5, 5.41) is 0. The van der Waals surface area contributed by atoms with Crippen molar-refractivity contribution in [2.45, 2.75) is 52.9 Å². The van der Waals surface area contributed by atoms with E-state index in [1.807, 2.05) is 0 Å². The molecule has 13 heavy (non-hydrogen) atoms. The molecule has 0 spiro atoms. The summed E-state index contributed by atoms with van der Waals surface area (Å²) in [4.78, 5) is 0. The third kappa shape index (κ3) is 3.30. The van der Waals surface area contributed by atoms with Crippen LogP contribution in [0.1, 0.15) is 52.9 Å². The van der Waals surface area contributed by atoms with Gasteiger partial charge in [-0.25, -0.2) is 0 Å². The first-order valence-corrected chi connectivity index (χ1v) is 5.74. The lowest BCUT2D eigenvalue weighted by atomic mass is 9.68. The van der Waals surface area contributed by atoms with E-state index in [1.165, 1.54) is 32.1 Å². The molecule has 0 radical (unpaired) electrons. The second-order valence-electron chi connectivity index (χ2n) is 5.67. The van der Waals surface area contributed by atoms with Crippen LogP contribution in [0.3, 0.4) is 0 Å². The molecule has 0 bridgehead atoms. The fraction of sp³-hybridized carbons (Fsp3) is 1.00. The van der Waals surface area contributed by atoms with Crippen molar-refractivity contribution >= 4 is 0 Å². The molecule has 0 saturated heterocycles. The van der Waals surface area contributed by atoms with Gasteiger partial charge in [-0.1, -0.05) is 33.6 Å². The van der Waals surface area contributed by atoms with Crippen molar-refractivity contribution in [3.05, 3.63) is 0 Å². The predicted octanol–water partition coefficient (Wildman–Crippen LogP) is 3.19. The van der Waals surface area contributed by atoms with Gasteiger partial charge in [0.2, 0.25) is 0 Å². The molecule has 1 aliphatic carbocycles. The van der Waals surface area contributed by atoms with Crippen molar-refractivity contribution in [1.29, 1.82) is 0 Å². The molecule has 2 unspecified atom stereocenters. The quantitative estimate of drug-likeness (QED) is 0.699. The van der Waals surface area contributed by atoms with Gasteiger partial charge in [-0.05, 0) is 43.1 Å². The molecule has 1 heteroatoms. The Bertz CT molecular complexity index is 144. The van der Waals surface area contributed by atoms with E-state index in [2.05, 4.69) is 20.8 Å². The van der Waals surface area contributed by atoms with Crippen molar-refractivity contribution in [3.63, 3.8) is 0 Å². The van der Waals surface area contributed by atoms with E-state index in [1.54, 1.807) is 0 Å². The van der Waals surface area contributed by atoms with Crippen LogP contribution in [0, 0.1) is 17.3 Å². The van der Waals surface area contributed by atoms with Crippen LogP contribution in [-0.4, -0.2) is 6.54 Å². The van der Waals surface area contributed by atoms with Crippen LogP contribution in [0.2, 0.25) is 0 Å². The lowest BCUT2D eigenvalue weighted by Gasteiger charge is -2.37. The second-order valence-corrected chi connectivity index (χ2v) is 5.67. The van der Waals surface area contributed by atoms with Gasteiger partial charge in [0.05, 0.1) is 0 Å². The molecular formula is C12H25N. The van der Waals surface area contributed by atoms with E-state index in [0.717, 1.165) is 18.4 Å². The average Bonchev–Trinajstić information content (AvgIpc) is 2.04. The smallest absolute Gasteiger partial charge is 0.00746 e. The van der Waals surface area contributed by atoms with Gasteiger partial charge in [-0.3, -0.25) is 0 Å². The summed E-state index contributed by atoms with van der Waals surface area (Å²) < 4.78 is 0. The van der Waals surface area contributed by atoms with Crippen molar-refractivity contribution < 1.29 is 0 Å². The number of hydrogen-bond acceptors (Lipinski definition) is 1. The first-order chi connectivity index (χ1) is 6.04. The first-order valence-electron chi connectivity index (χ1n) is 5.74. The Hall–Kier alpha value is -0.0400. The van der Waals surface area contributed by atoms with Crippen molar-refractivity contribution in [1.82, 2.24) is 0 Å². The maximum Gasteiger partial charge on any atom is -0.00746 e. The fourth-order valence-corrected chi connectivity index (χ4v) is 2.58. The molecule has 78 valence electrons. The van der Waals surface area contributed by atoms with Gasteiger partial charge < -0.3 is 5.73 Å². The van der Waals surface area contributed by atoms with E-state index >= 15 is 0 Å². The summed E-state index contributed by atoms with van der Waals surface area (Å²) >= 11 is 0. The van der Waals surface area contributed by atoms with Gasteiger partial charge in [0, 0.05) is 0 Å². The van der Waals surface area contributed by atoms with Crippen LogP contribution in [0.25, 0.3) is 0 Å². The van der Waals surface area contributed by atoms with Gasteiger partial charge in [0.15, 0.2) is 0 Å². The summed E-state index contributed by atoms with van der Waals surface area (Å²) in [7, 11) is 0. The molecule has 0 aromatic carbocycles. The minimum Gasteiger partial charge on any atom is -0.330 e. The van der Waals surface area contributed by atoms with Crippen LogP contribution in [0.5, 0.6) is 0 Å². The van der Waals surface area contributed by atoms with Crippen LogP contribution >= 0.6 is 0 Å². The highest BCUT2D eigenvalue weighted by molar-refractivity contribution is 4.81. The van der Waals surface area contributed by atoms with Crippen molar-refractivity contribution in [2.24, 2.45) is 23.0 Å². The minimum absolute atomic E-state index is 0.507. The molecule has 2 N–H and O–H groups in total. The monoisotopic (exact) mass is 183 g/mol. The highest BCUT2D eigenvalue weighted by Gasteiger charge is 2.29. The van der Waals surface area contributed by atoms with Gasteiger partial charge in [0.25, 0.3) is 0 Å². The summed E-state index contributed by atoms with van der Waals surface area (Å²) in [6.45, 7) is 8.01. The molecule has 0 aliphatic heterocycles. The van der Waals surface area contributed by atoms with E-state index in [4.69, 9.17) is 5.73 Å². The molecule has 1 saturated carbocycles.